The van der Waals surface area contributed by atoms with E-state index in [1.165, 1.54) is 0 Å². The molecule has 1 aliphatic heterocycles. The average Bonchev–Trinajstić information content (AvgIpc) is 2.99. The van der Waals surface area contributed by atoms with Crippen LogP contribution >= 0.6 is 0 Å². The number of carbonyl (C=O) groups is 1. The van der Waals surface area contributed by atoms with Crippen LogP contribution in [0, 0.1) is 0 Å². The van der Waals surface area contributed by atoms with E-state index >= 15 is 0 Å². The third-order valence-corrected chi connectivity index (χ3v) is 3.51. The highest BCUT2D eigenvalue weighted by atomic mass is 19.1. The second-order valence-electron chi connectivity index (χ2n) is 5.20. The lowest BCUT2D eigenvalue weighted by Gasteiger charge is -2.24. The maximum atomic E-state index is 12.0. The Balaban J connectivity index is 1.67. The molecule has 2 N–H and O–H groups in total. The van der Waals surface area contributed by atoms with Crippen LogP contribution in [-0.2, 0) is 4.74 Å². The zero-order chi connectivity index (χ0) is 16.1. The van der Waals surface area contributed by atoms with Crippen molar-refractivity contribution in [2.45, 2.75) is 6.42 Å². The van der Waals surface area contributed by atoms with Crippen molar-refractivity contribution in [3.63, 3.8) is 0 Å². The SMILES string of the molecule is O=C(NCCCF)Nc1ccc2nc(N3CCOCC3)oc2c1. The van der Waals surface area contributed by atoms with Crippen LogP contribution in [0.25, 0.3) is 11.1 Å². The summed E-state index contributed by atoms with van der Waals surface area (Å²) in [4.78, 5) is 18.1. The standard InChI is InChI=1S/C15H19FN4O3/c16-4-1-5-17-14(21)18-11-2-3-12-13(10-11)23-15(19-12)20-6-8-22-9-7-20/h2-3,10H,1,4-9H2,(H2,17,18,21). The van der Waals surface area contributed by atoms with Gasteiger partial charge in [0, 0.05) is 31.4 Å². The largest absolute Gasteiger partial charge is 0.423 e. The van der Waals surface area contributed by atoms with Gasteiger partial charge in [-0.1, -0.05) is 0 Å². The van der Waals surface area contributed by atoms with E-state index in [0.717, 1.165) is 18.6 Å². The Morgan fingerprint density at radius 3 is 2.96 bits per heavy atom. The van der Waals surface area contributed by atoms with Crippen LogP contribution in [0.15, 0.2) is 22.6 Å². The summed E-state index contributed by atoms with van der Waals surface area (Å²) in [6, 6.07) is 5.46. The molecule has 1 fully saturated rings. The molecule has 2 aromatic rings. The van der Waals surface area contributed by atoms with Crippen LogP contribution in [0.3, 0.4) is 0 Å². The molecule has 23 heavy (non-hydrogen) atoms. The third-order valence-electron chi connectivity index (χ3n) is 3.51. The van der Waals surface area contributed by atoms with E-state index in [-0.39, 0.29) is 6.03 Å². The van der Waals surface area contributed by atoms with E-state index in [2.05, 4.69) is 15.6 Å². The van der Waals surface area contributed by atoms with Gasteiger partial charge >= 0.3 is 6.03 Å². The topological polar surface area (TPSA) is 79.6 Å². The van der Waals surface area contributed by atoms with E-state index in [1.54, 1.807) is 18.2 Å². The summed E-state index contributed by atoms with van der Waals surface area (Å²) >= 11 is 0. The number of rotatable bonds is 5. The Morgan fingerprint density at radius 1 is 1.35 bits per heavy atom. The molecule has 0 aliphatic carbocycles. The highest BCUT2D eigenvalue weighted by Gasteiger charge is 2.17. The summed E-state index contributed by atoms with van der Waals surface area (Å²) in [6.45, 7) is 2.65. The summed E-state index contributed by atoms with van der Waals surface area (Å²) in [6.07, 6.45) is 0.303. The Hall–Kier alpha value is -2.35. The molecular weight excluding hydrogens is 303 g/mol. The lowest BCUT2D eigenvalue weighted by atomic mass is 10.3. The number of urea groups is 1. The molecule has 0 unspecified atom stereocenters. The van der Waals surface area contributed by atoms with Gasteiger partial charge in [0.05, 0.1) is 19.9 Å². The van der Waals surface area contributed by atoms with Crippen LogP contribution in [0.5, 0.6) is 0 Å². The van der Waals surface area contributed by atoms with Crippen molar-refractivity contribution in [3.8, 4) is 0 Å². The second-order valence-corrected chi connectivity index (χ2v) is 5.20. The number of anilines is 2. The molecule has 124 valence electrons. The van der Waals surface area contributed by atoms with E-state index in [9.17, 15) is 9.18 Å². The number of ether oxygens (including phenoxy) is 1. The normalized spacial score (nSPS) is 14.9. The number of halogens is 1. The molecule has 3 rings (SSSR count). The second kappa shape index (κ2) is 7.28. The van der Waals surface area contributed by atoms with Crippen LogP contribution in [-0.4, -0.2) is 50.5 Å². The molecule has 1 aromatic heterocycles. The number of nitrogens with zero attached hydrogens (tertiary/aromatic N) is 2. The number of aromatic nitrogens is 1. The van der Waals surface area contributed by atoms with E-state index in [1.807, 2.05) is 4.90 Å². The van der Waals surface area contributed by atoms with Crippen LogP contribution in [0.4, 0.5) is 20.9 Å². The van der Waals surface area contributed by atoms with Crippen LogP contribution < -0.4 is 15.5 Å². The average molecular weight is 322 g/mol. The van der Waals surface area contributed by atoms with Gasteiger partial charge in [-0.2, -0.15) is 4.98 Å². The minimum absolute atomic E-state index is 0.300. The van der Waals surface area contributed by atoms with E-state index in [4.69, 9.17) is 9.15 Å². The van der Waals surface area contributed by atoms with Crippen molar-refractivity contribution in [2.75, 3.05) is 49.7 Å². The number of benzene rings is 1. The Kier molecular flexibility index (Phi) is 4.92. The maximum Gasteiger partial charge on any atom is 0.319 e. The smallest absolute Gasteiger partial charge is 0.319 e. The van der Waals surface area contributed by atoms with Crippen molar-refractivity contribution in [3.05, 3.63) is 18.2 Å². The number of hydrogen-bond donors (Lipinski definition) is 2. The molecule has 0 saturated carbocycles. The van der Waals surface area contributed by atoms with Gasteiger partial charge in [-0.05, 0) is 18.6 Å². The predicted molar refractivity (Wildman–Crippen MR) is 84.7 cm³/mol. The Morgan fingerprint density at radius 2 is 2.17 bits per heavy atom. The number of amides is 2. The molecular formula is C15H19FN4O3. The molecule has 0 bridgehead atoms. The summed E-state index contributed by atoms with van der Waals surface area (Å²) in [5.41, 5.74) is 1.93. The number of hydrogen-bond acceptors (Lipinski definition) is 5. The maximum absolute atomic E-state index is 12.0. The van der Waals surface area contributed by atoms with E-state index in [0.29, 0.717) is 43.5 Å². The molecule has 2 heterocycles. The molecule has 0 atom stereocenters. The van der Waals surface area contributed by atoms with Crippen molar-refractivity contribution in [2.24, 2.45) is 0 Å². The fourth-order valence-electron chi connectivity index (χ4n) is 2.32. The molecule has 0 spiro atoms. The number of oxazole rings is 1. The Labute approximate surface area is 132 Å². The quantitative estimate of drug-likeness (QED) is 0.825. The van der Waals surface area contributed by atoms with Crippen LogP contribution in [0.1, 0.15) is 6.42 Å². The van der Waals surface area contributed by atoms with Crippen molar-refractivity contribution >= 4 is 28.8 Å². The minimum atomic E-state index is -0.450. The zero-order valence-electron chi connectivity index (χ0n) is 12.7. The molecule has 1 aliphatic rings. The summed E-state index contributed by atoms with van der Waals surface area (Å²) in [5.74, 6) is 0. The number of morpholine rings is 1. The van der Waals surface area contributed by atoms with Gasteiger partial charge in [0.1, 0.15) is 5.52 Å². The number of nitrogens with one attached hydrogen (secondary N) is 2. The number of alkyl halides is 1. The fourth-order valence-corrected chi connectivity index (χ4v) is 2.32. The van der Waals surface area contributed by atoms with Crippen molar-refractivity contribution in [1.82, 2.24) is 10.3 Å². The predicted octanol–water partition coefficient (Wildman–Crippen LogP) is 2.15. The van der Waals surface area contributed by atoms with Gasteiger partial charge < -0.3 is 24.7 Å². The highest BCUT2D eigenvalue weighted by molar-refractivity contribution is 5.91. The first kappa shape index (κ1) is 15.5. The number of fused-ring (bicyclic) bond motifs is 1. The first-order valence-electron chi connectivity index (χ1n) is 7.60. The number of carbonyl (C=O) groups excluding carboxylic acids is 1. The van der Waals surface area contributed by atoms with Gasteiger partial charge in [-0.3, -0.25) is 4.39 Å². The van der Waals surface area contributed by atoms with Gasteiger partial charge in [-0.15, -0.1) is 0 Å². The molecule has 0 radical (unpaired) electrons. The molecule has 1 aromatic carbocycles. The first-order valence-corrected chi connectivity index (χ1v) is 7.60. The molecule has 2 amide bonds. The van der Waals surface area contributed by atoms with Crippen molar-refractivity contribution in [1.29, 1.82) is 0 Å². The first-order chi connectivity index (χ1) is 11.3. The lowest BCUT2D eigenvalue weighted by molar-refractivity contribution is 0.120. The monoisotopic (exact) mass is 322 g/mol. The summed E-state index contributed by atoms with van der Waals surface area (Å²) in [5, 5.41) is 5.27. The van der Waals surface area contributed by atoms with Gasteiger partial charge in [0.25, 0.3) is 6.01 Å². The summed E-state index contributed by atoms with van der Waals surface area (Å²) < 4.78 is 23.1. The van der Waals surface area contributed by atoms with Crippen LogP contribution in [0.2, 0.25) is 0 Å². The van der Waals surface area contributed by atoms with Gasteiger partial charge in [-0.25, -0.2) is 4.79 Å². The zero-order valence-corrected chi connectivity index (χ0v) is 12.7. The fraction of sp³-hybridized carbons (Fsp3) is 0.467. The molecule has 8 heteroatoms. The lowest BCUT2D eigenvalue weighted by Crippen LogP contribution is -2.36. The molecule has 1 saturated heterocycles. The Bertz CT molecular complexity index is 670. The molecule has 7 nitrogen and oxygen atoms in total. The van der Waals surface area contributed by atoms with Gasteiger partial charge in [0.2, 0.25) is 0 Å². The van der Waals surface area contributed by atoms with E-state index < -0.39 is 6.67 Å². The highest BCUT2D eigenvalue weighted by Crippen LogP contribution is 2.25. The third kappa shape index (κ3) is 3.89. The van der Waals surface area contributed by atoms with Gasteiger partial charge in [0.15, 0.2) is 5.58 Å². The minimum Gasteiger partial charge on any atom is -0.423 e. The summed E-state index contributed by atoms with van der Waals surface area (Å²) in [7, 11) is 0. The van der Waals surface area contributed by atoms with Crippen molar-refractivity contribution < 1.29 is 18.3 Å².